The summed E-state index contributed by atoms with van der Waals surface area (Å²) in [6, 6.07) is 16.4. The Balaban J connectivity index is 0.000000564. The van der Waals surface area contributed by atoms with E-state index in [0.717, 1.165) is 5.56 Å². The van der Waals surface area contributed by atoms with Gasteiger partial charge >= 0.3 is 24.3 Å². The summed E-state index contributed by atoms with van der Waals surface area (Å²) >= 11 is 0. The van der Waals surface area contributed by atoms with Gasteiger partial charge in [-0.05, 0) is 48.4 Å². The number of primary amides is 1. The summed E-state index contributed by atoms with van der Waals surface area (Å²) in [5, 5.41) is 25.2. The number of nitrogens with two attached hydrogens (primary N) is 2. The van der Waals surface area contributed by atoms with Crippen LogP contribution in [0.25, 0.3) is 11.3 Å². The molecule has 0 spiro atoms. The van der Waals surface area contributed by atoms with E-state index in [9.17, 15) is 31.1 Å². The molecule has 0 bridgehead atoms. The molecular formula is C32H31F7N6O7. The average Bonchev–Trinajstić information content (AvgIpc) is 3.57. The fraction of sp³-hybridized carbons (Fsp3) is 0.219. The number of nitrogens with one attached hydrogen (secondary N) is 3. The van der Waals surface area contributed by atoms with Crippen molar-refractivity contribution in [1.29, 1.82) is 5.41 Å². The molecule has 4 aromatic rings. The fourth-order valence-corrected chi connectivity index (χ4v) is 4.08. The fourth-order valence-electron chi connectivity index (χ4n) is 4.08. The zero-order valence-electron chi connectivity index (χ0n) is 27.0. The third-order valence-corrected chi connectivity index (χ3v) is 6.52. The van der Waals surface area contributed by atoms with Crippen LogP contribution in [-0.2, 0) is 20.7 Å². The summed E-state index contributed by atoms with van der Waals surface area (Å²) < 4.78 is 89.8. The Kier molecular flexibility index (Phi) is 14.7. The number of carbonyl (C=O) groups excluding carboxylic acids is 1. The third-order valence-electron chi connectivity index (χ3n) is 6.52. The first-order valence-electron chi connectivity index (χ1n) is 14.4. The molecular weight excluding hydrogens is 713 g/mol. The maximum absolute atomic E-state index is 15.9. The van der Waals surface area contributed by atoms with Gasteiger partial charge in [-0.2, -0.15) is 26.3 Å². The Bertz CT molecular complexity index is 1840. The lowest BCUT2D eigenvalue weighted by Gasteiger charge is -2.22. The number of aromatic nitrogens is 2. The highest BCUT2D eigenvalue weighted by Gasteiger charge is 2.39. The maximum atomic E-state index is 15.9. The van der Waals surface area contributed by atoms with Crippen LogP contribution in [0.2, 0.25) is 0 Å². The van der Waals surface area contributed by atoms with Crippen molar-refractivity contribution >= 4 is 29.4 Å². The maximum Gasteiger partial charge on any atom is 0.490 e. The molecule has 0 aliphatic heterocycles. The highest BCUT2D eigenvalue weighted by Crippen LogP contribution is 2.34. The number of amides is 1. The Morgan fingerprint density at radius 1 is 0.962 bits per heavy atom. The summed E-state index contributed by atoms with van der Waals surface area (Å²) in [6.07, 6.45) is -7.94. The molecule has 1 aromatic heterocycles. The number of halogens is 7. The minimum atomic E-state index is -5.08. The molecule has 0 aliphatic carbocycles. The number of imidazole rings is 1. The number of anilines is 1. The smallest absolute Gasteiger partial charge is 0.475 e. The largest absolute Gasteiger partial charge is 0.490 e. The molecule has 1 amide bonds. The van der Waals surface area contributed by atoms with Gasteiger partial charge in [0.25, 0.3) is 0 Å². The van der Waals surface area contributed by atoms with E-state index in [1.54, 1.807) is 66.9 Å². The van der Waals surface area contributed by atoms with Crippen molar-refractivity contribution in [2.24, 2.45) is 11.5 Å². The number of carboxylic acids is 2. The van der Waals surface area contributed by atoms with Crippen molar-refractivity contribution in [2.75, 3.05) is 19.2 Å². The number of alkyl halides is 6. The SMILES string of the molecule is CCc1cc(OCOC)c(F)c(C(Nc2ccc(C(=N)N)cc2)c2ncc(-c3ccccc3C(N)=O)[nH]2)c1.O=C(O)C(F)(F)F.O=C(O)C(F)(F)F. The zero-order chi connectivity index (χ0) is 39.4. The van der Waals surface area contributed by atoms with E-state index in [4.69, 9.17) is 46.2 Å². The van der Waals surface area contributed by atoms with Gasteiger partial charge in [0.2, 0.25) is 5.91 Å². The first-order valence-corrected chi connectivity index (χ1v) is 14.4. The number of hydrogen-bond donors (Lipinski definition) is 7. The van der Waals surface area contributed by atoms with E-state index in [1.807, 2.05) is 6.92 Å². The van der Waals surface area contributed by atoms with Crippen LogP contribution in [0.5, 0.6) is 5.75 Å². The third kappa shape index (κ3) is 12.0. The van der Waals surface area contributed by atoms with Crippen molar-refractivity contribution in [3.05, 3.63) is 101 Å². The Morgan fingerprint density at radius 2 is 1.52 bits per heavy atom. The number of aryl methyl sites for hydroxylation is 1. The van der Waals surface area contributed by atoms with Crippen molar-refractivity contribution in [3.63, 3.8) is 0 Å². The summed E-state index contributed by atoms with van der Waals surface area (Å²) in [5.74, 6) is -6.24. The number of H-pyrrole nitrogens is 1. The number of carboxylic acid groups (broad SMARTS) is 2. The highest BCUT2D eigenvalue weighted by atomic mass is 19.4. The van der Waals surface area contributed by atoms with Gasteiger partial charge in [-0.25, -0.2) is 19.0 Å². The second-order valence-corrected chi connectivity index (χ2v) is 10.2. The monoisotopic (exact) mass is 744 g/mol. The van der Waals surface area contributed by atoms with E-state index in [1.165, 1.54) is 7.11 Å². The topological polar surface area (TPSA) is 227 Å². The molecule has 0 aliphatic rings. The first kappa shape index (κ1) is 42.0. The number of aromatic amines is 1. The summed E-state index contributed by atoms with van der Waals surface area (Å²) in [5.41, 5.74) is 15.0. The van der Waals surface area contributed by atoms with Gasteiger partial charge in [-0.15, -0.1) is 0 Å². The molecule has 13 nitrogen and oxygen atoms in total. The zero-order valence-corrected chi connectivity index (χ0v) is 27.0. The lowest BCUT2D eigenvalue weighted by Crippen LogP contribution is -2.21. The molecule has 1 heterocycles. The van der Waals surface area contributed by atoms with E-state index >= 15 is 4.39 Å². The first-order chi connectivity index (χ1) is 24.2. The minimum Gasteiger partial charge on any atom is -0.475 e. The minimum absolute atomic E-state index is 0.0569. The molecule has 0 saturated heterocycles. The van der Waals surface area contributed by atoms with Crippen molar-refractivity contribution in [2.45, 2.75) is 31.7 Å². The molecule has 9 N–H and O–H groups in total. The number of nitrogen functional groups attached to an aromatic ring is 1. The van der Waals surface area contributed by atoms with Gasteiger partial charge in [0, 0.05) is 35.1 Å². The van der Waals surface area contributed by atoms with Crippen LogP contribution in [0, 0.1) is 11.2 Å². The predicted octanol–water partition coefficient (Wildman–Crippen LogP) is 5.61. The number of rotatable bonds is 11. The lowest BCUT2D eigenvalue weighted by atomic mass is 10.00. The number of methoxy groups -OCH3 is 1. The standard InChI is InChI=1S/C28H29FN6O3.2C2HF3O2/c1-3-16-12-21(24(29)23(13-16)38-15-37-2)25(34-18-10-8-17(9-11-18)26(30)31)28-33-14-22(35-28)19-6-4-5-7-20(19)27(32)36;2*3-2(4,5)1(6)7/h4-14,25,34H,3,15H2,1-2H3,(H3,30,31)(H2,32,36)(H,33,35);2*(H,6,7). The molecule has 4 rings (SSSR count). The molecule has 0 radical (unpaired) electrons. The van der Waals surface area contributed by atoms with E-state index in [-0.39, 0.29) is 18.4 Å². The summed E-state index contributed by atoms with van der Waals surface area (Å²) in [4.78, 5) is 37.6. The number of nitrogens with zero attached hydrogens (tertiary/aromatic N) is 1. The number of ether oxygens (including phenoxy) is 2. The Hall–Kier alpha value is -6.18. The highest BCUT2D eigenvalue weighted by molar-refractivity contribution is 5.99. The average molecular weight is 745 g/mol. The van der Waals surface area contributed by atoms with Crippen LogP contribution in [0.3, 0.4) is 0 Å². The van der Waals surface area contributed by atoms with E-state index in [2.05, 4.69) is 15.3 Å². The number of carbonyl (C=O) groups is 3. The number of hydrogen-bond acceptors (Lipinski definition) is 8. The number of benzene rings is 3. The van der Waals surface area contributed by atoms with Gasteiger partial charge in [0.1, 0.15) is 17.7 Å². The van der Waals surface area contributed by atoms with Gasteiger partial charge < -0.3 is 41.5 Å². The van der Waals surface area contributed by atoms with Crippen LogP contribution in [-0.4, -0.2) is 70.1 Å². The molecule has 3 aromatic carbocycles. The summed E-state index contributed by atoms with van der Waals surface area (Å²) in [7, 11) is 1.46. The van der Waals surface area contributed by atoms with Gasteiger partial charge in [0.05, 0.1) is 11.9 Å². The quantitative estimate of drug-likeness (QED) is 0.0435. The van der Waals surface area contributed by atoms with Crippen LogP contribution in [0.4, 0.5) is 36.4 Å². The Labute approximate surface area is 289 Å². The van der Waals surface area contributed by atoms with Crippen molar-refractivity contribution < 1.29 is 64.8 Å². The van der Waals surface area contributed by atoms with Gasteiger partial charge in [0.15, 0.2) is 18.4 Å². The Morgan fingerprint density at radius 3 is 2.00 bits per heavy atom. The molecule has 1 unspecified atom stereocenters. The molecule has 0 fully saturated rings. The second kappa shape index (κ2) is 18.2. The number of amidine groups is 1. The van der Waals surface area contributed by atoms with Gasteiger partial charge in [-0.1, -0.05) is 31.2 Å². The molecule has 0 saturated carbocycles. The molecule has 1 atom stereocenters. The van der Waals surface area contributed by atoms with Crippen LogP contribution < -0.4 is 21.5 Å². The molecule has 52 heavy (non-hydrogen) atoms. The van der Waals surface area contributed by atoms with Crippen LogP contribution >= 0.6 is 0 Å². The molecule has 280 valence electrons. The lowest BCUT2D eigenvalue weighted by molar-refractivity contribution is -0.193. The normalized spacial score (nSPS) is 11.6. The van der Waals surface area contributed by atoms with E-state index in [0.29, 0.717) is 45.9 Å². The predicted molar refractivity (Wildman–Crippen MR) is 171 cm³/mol. The van der Waals surface area contributed by atoms with Crippen LogP contribution in [0.1, 0.15) is 45.8 Å². The molecule has 20 heteroatoms. The van der Waals surface area contributed by atoms with Crippen molar-refractivity contribution in [3.8, 4) is 17.0 Å². The van der Waals surface area contributed by atoms with Crippen LogP contribution in [0.15, 0.2) is 66.9 Å². The number of aliphatic carboxylic acids is 2. The van der Waals surface area contributed by atoms with E-state index < -0.39 is 42.1 Å². The van der Waals surface area contributed by atoms with Gasteiger partial charge in [-0.3, -0.25) is 10.2 Å². The second-order valence-electron chi connectivity index (χ2n) is 10.2. The van der Waals surface area contributed by atoms with Crippen molar-refractivity contribution in [1.82, 2.24) is 9.97 Å². The summed E-state index contributed by atoms with van der Waals surface area (Å²) in [6.45, 7) is 1.86.